The summed E-state index contributed by atoms with van der Waals surface area (Å²) >= 11 is 0. The first-order valence-corrected chi connectivity index (χ1v) is 8.66. The molecule has 0 aromatic rings. The van der Waals surface area contributed by atoms with Crippen LogP contribution in [0.25, 0.3) is 0 Å². The van der Waals surface area contributed by atoms with Gasteiger partial charge in [-0.05, 0) is 39.5 Å². The maximum atomic E-state index is 13.7. The lowest BCUT2D eigenvalue weighted by Gasteiger charge is -2.39. The van der Waals surface area contributed by atoms with Gasteiger partial charge in [0.25, 0.3) is 0 Å². The number of nitrogens with zero attached hydrogens (tertiary/aromatic N) is 3. The number of fused-ring (bicyclic) bond motifs is 2. The highest BCUT2D eigenvalue weighted by atomic mass is 19.1. The van der Waals surface area contributed by atoms with E-state index >= 15 is 0 Å². The monoisotopic (exact) mass is 353 g/mol. The third-order valence-corrected chi connectivity index (χ3v) is 5.18. The SMILES string of the molecule is CC(C)(C)OC(=O)N1[C@@H]2C[C@@H](C[C@H]2O)[C@H]1C(=O)N1C[C@@H](F)C[C@H]1C#N. The summed E-state index contributed by atoms with van der Waals surface area (Å²) in [5.74, 6) is -0.616. The number of rotatable bonds is 1. The summed E-state index contributed by atoms with van der Waals surface area (Å²) in [6, 6.07) is -0.123. The number of piperidine rings is 1. The largest absolute Gasteiger partial charge is 0.444 e. The summed E-state index contributed by atoms with van der Waals surface area (Å²) in [4.78, 5) is 28.2. The molecular weight excluding hydrogens is 329 g/mol. The fourth-order valence-corrected chi connectivity index (χ4v) is 4.23. The van der Waals surface area contributed by atoms with Crippen molar-refractivity contribution in [3.63, 3.8) is 0 Å². The van der Waals surface area contributed by atoms with Gasteiger partial charge < -0.3 is 14.7 Å². The average molecular weight is 353 g/mol. The Hall–Kier alpha value is -1.88. The van der Waals surface area contributed by atoms with Gasteiger partial charge in [-0.25, -0.2) is 9.18 Å². The molecule has 1 aliphatic carbocycles. The van der Waals surface area contributed by atoms with Gasteiger partial charge in [0.15, 0.2) is 0 Å². The Morgan fingerprint density at radius 1 is 1.28 bits per heavy atom. The smallest absolute Gasteiger partial charge is 0.411 e. The molecule has 2 heterocycles. The first kappa shape index (κ1) is 17.9. The van der Waals surface area contributed by atoms with E-state index in [9.17, 15) is 24.3 Å². The highest BCUT2D eigenvalue weighted by molar-refractivity contribution is 5.88. The molecule has 2 bridgehead atoms. The van der Waals surface area contributed by atoms with Gasteiger partial charge in [0.1, 0.15) is 23.9 Å². The zero-order valence-electron chi connectivity index (χ0n) is 14.7. The summed E-state index contributed by atoms with van der Waals surface area (Å²) < 4.78 is 19.1. The third-order valence-electron chi connectivity index (χ3n) is 5.18. The van der Waals surface area contributed by atoms with Crippen molar-refractivity contribution in [2.45, 2.75) is 76.0 Å². The Bertz CT molecular complexity index is 614. The second-order valence-electron chi connectivity index (χ2n) is 8.17. The Balaban J connectivity index is 1.84. The molecule has 3 fully saturated rings. The van der Waals surface area contributed by atoms with Crippen molar-refractivity contribution in [3.05, 3.63) is 0 Å². The molecule has 3 rings (SSSR count). The Morgan fingerprint density at radius 2 is 1.96 bits per heavy atom. The molecule has 0 spiro atoms. The third kappa shape index (κ3) is 3.17. The molecule has 2 saturated heterocycles. The molecule has 6 atom stereocenters. The van der Waals surface area contributed by atoms with E-state index < -0.39 is 48.0 Å². The molecule has 2 aliphatic heterocycles. The highest BCUT2D eigenvalue weighted by Gasteiger charge is 2.58. The van der Waals surface area contributed by atoms with Crippen molar-refractivity contribution in [2.24, 2.45) is 5.92 Å². The molecule has 138 valence electrons. The number of aliphatic hydroxyl groups excluding tert-OH is 1. The molecule has 3 aliphatic rings. The molecule has 0 radical (unpaired) electrons. The van der Waals surface area contributed by atoms with Crippen LogP contribution >= 0.6 is 0 Å². The van der Waals surface area contributed by atoms with Gasteiger partial charge in [-0.1, -0.05) is 0 Å². The van der Waals surface area contributed by atoms with Gasteiger partial charge in [0, 0.05) is 6.42 Å². The normalized spacial score (nSPS) is 37.3. The minimum Gasteiger partial charge on any atom is -0.444 e. The van der Waals surface area contributed by atoms with Crippen LogP contribution < -0.4 is 0 Å². The van der Waals surface area contributed by atoms with E-state index in [1.807, 2.05) is 6.07 Å². The number of hydrogen-bond donors (Lipinski definition) is 1. The van der Waals surface area contributed by atoms with Crippen molar-refractivity contribution in [3.8, 4) is 6.07 Å². The van der Waals surface area contributed by atoms with Crippen molar-refractivity contribution in [2.75, 3.05) is 6.54 Å². The number of nitriles is 1. The molecule has 25 heavy (non-hydrogen) atoms. The van der Waals surface area contributed by atoms with E-state index in [1.165, 1.54) is 9.80 Å². The Labute approximate surface area is 146 Å². The first-order valence-electron chi connectivity index (χ1n) is 8.66. The van der Waals surface area contributed by atoms with Crippen LogP contribution in [0.1, 0.15) is 40.0 Å². The number of alkyl halides is 1. The molecule has 2 amide bonds. The molecule has 0 unspecified atom stereocenters. The molecule has 0 aromatic carbocycles. The molecule has 1 saturated carbocycles. The number of ether oxygens (including phenoxy) is 1. The maximum absolute atomic E-state index is 13.7. The predicted molar refractivity (Wildman–Crippen MR) is 85.0 cm³/mol. The zero-order valence-corrected chi connectivity index (χ0v) is 14.7. The molecule has 7 nitrogen and oxygen atoms in total. The molecular formula is C17H24FN3O4. The van der Waals surface area contributed by atoms with Crippen LogP contribution in [0.2, 0.25) is 0 Å². The number of hydrogen-bond acceptors (Lipinski definition) is 5. The van der Waals surface area contributed by atoms with Gasteiger partial charge >= 0.3 is 6.09 Å². The molecule has 8 heteroatoms. The second kappa shape index (κ2) is 6.13. The van der Waals surface area contributed by atoms with Gasteiger partial charge in [0.2, 0.25) is 5.91 Å². The molecule has 0 aromatic heterocycles. The van der Waals surface area contributed by atoms with Crippen LogP contribution in [0, 0.1) is 17.2 Å². The summed E-state index contributed by atoms with van der Waals surface area (Å²) in [5.41, 5.74) is -0.732. The average Bonchev–Trinajstić information content (AvgIpc) is 3.15. The Kier molecular flexibility index (Phi) is 4.40. The van der Waals surface area contributed by atoms with Crippen LogP contribution in [0.15, 0.2) is 0 Å². The Morgan fingerprint density at radius 3 is 2.56 bits per heavy atom. The van der Waals surface area contributed by atoms with Crippen molar-refractivity contribution in [1.29, 1.82) is 5.26 Å². The quantitative estimate of drug-likeness (QED) is 0.765. The fraction of sp³-hybridized carbons (Fsp3) is 0.824. The van der Waals surface area contributed by atoms with Crippen LogP contribution in [0.4, 0.5) is 9.18 Å². The van der Waals surface area contributed by atoms with Crippen LogP contribution in [-0.2, 0) is 9.53 Å². The number of carbonyl (C=O) groups excluding carboxylic acids is 2. The predicted octanol–water partition coefficient (Wildman–Crippen LogP) is 1.21. The van der Waals surface area contributed by atoms with E-state index in [2.05, 4.69) is 0 Å². The van der Waals surface area contributed by atoms with Gasteiger partial charge in [-0.15, -0.1) is 0 Å². The summed E-state index contributed by atoms with van der Waals surface area (Å²) in [7, 11) is 0. The van der Waals surface area contributed by atoms with Crippen LogP contribution in [-0.4, -0.2) is 69.5 Å². The van der Waals surface area contributed by atoms with E-state index in [0.717, 1.165) is 0 Å². The number of likely N-dealkylation sites (tertiary alicyclic amines) is 2. The fourth-order valence-electron chi connectivity index (χ4n) is 4.23. The van der Waals surface area contributed by atoms with E-state index in [-0.39, 0.29) is 18.9 Å². The topological polar surface area (TPSA) is 93.9 Å². The minimum absolute atomic E-state index is 0.00187. The zero-order chi connectivity index (χ0) is 18.5. The lowest BCUT2D eigenvalue weighted by molar-refractivity contribution is -0.140. The first-order chi connectivity index (χ1) is 11.6. The highest BCUT2D eigenvalue weighted by Crippen LogP contribution is 2.44. The van der Waals surface area contributed by atoms with E-state index in [1.54, 1.807) is 20.8 Å². The van der Waals surface area contributed by atoms with Crippen molar-refractivity contribution >= 4 is 12.0 Å². The standard InChI is InChI=1S/C17H24FN3O4/c1-17(2,3)25-16(24)21-12-4-9(5-13(12)22)14(21)15(23)20-8-10(18)6-11(20)7-19/h9-14,22H,4-6,8H2,1-3H3/t9-,10-,11-,12+,13+,14-/m0/s1. The summed E-state index contributed by atoms with van der Waals surface area (Å²) in [6.07, 6.45) is -1.64. The lowest BCUT2D eigenvalue weighted by Crippen LogP contribution is -2.58. The van der Waals surface area contributed by atoms with Gasteiger partial charge in [-0.2, -0.15) is 5.26 Å². The maximum Gasteiger partial charge on any atom is 0.411 e. The summed E-state index contributed by atoms with van der Waals surface area (Å²) in [5, 5.41) is 19.3. The lowest BCUT2D eigenvalue weighted by atomic mass is 9.96. The summed E-state index contributed by atoms with van der Waals surface area (Å²) in [6.45, 7) is 5.06. The van der Waals surface area contributed by atoms with Gasteiger partial charge in [0.05, 0.1) is 24.8 Å². The minimum atomic E-state index is -1.23. The van der Waals surface area contributed by atoms with Crippen LogP contribution in [0.3, 0.4) is 0 Å². The van der Waals surface area contributed by atoms with Gasteiger partial charge in [-0.3, -0.25) is 9.69 Å². The number of carbonyl (C=O) groups is 2. The van der Waals surface area contributed by atoms with E-state index in [0.29, 0.717) is 12.8 Å². The number of aliphatic hydroxyl groups is 1. The van der Waals surface area contributed by atoms with Crippen LogP contribution in [0.5, 0.6) is 0 Å². The molecule has 1 N–H and O–H groups in total. The number of amides is 2. The van der Waals surface area contributed by atoms with Crippen molar-refractivity contribution < 1.29 is 23.8 Å². The van der Waals surface area contributed by atoms with E-state index in [4.69, 9.17) is 4.74 Å². The second-order valence-corrected chi connectivity index (χ2v) is 8.17. The van der Waals surface area contributed by atoms with Crippen molar-refractivity contribution in [1.82, 2.24) is 9.80 Å². The number of halogens is 1.